The van der Waals surface area contributed by atoms with E-state index < -0.39 is 0 Å². The molecule has 1 heterocycles. The normalized spacial score (nSPS) is 22.3. The van der Waals surface area contributed by atoms with Crippen LogP contribution in [0.1, 0.15) is 27.7 Å². The highest BCUT2D eigenvalue weighted by molar-refractivity contribution is 4.82. The second kappa shape index (κ2) is 5.99. The maximum Gasteiger partial charge on any atom is 0.0126 e. The zero-order valence-electron chi connectivity index (χ0n) is 11.7. The molecule has 3 nitrogen and oxygen atoms in total. The quantitative estimate of drug-likeness (QED) is 0.780. The molecule has 0 saturated carbocycles. The van der Waals surface area contributed by atoms with Crippen molar-refractivity contribution in [1.29, 1.82) is 0 Å². The van der Waals surface area contributed by atoms with E-state index in [-0.39, 0.29) is 0 Å². The Morgan fingerprint density at radius 1 is 1.12 bits per heavy atom. The van der Waals surface area contributed by atoms with Crippen molar-refractivity contribution in [2.45, 2.75) is 33.2 Å². The minimum Gasteiger partial charge on any atom is -0.319 e. The van der Waals surface area contributed by atoms with E-state index in [1.54, 1.807) is 0 Å². The highest BCUT2D eigenvalue weighted by Crippen LogP contribution is 2.16. The second-order valence-electron chi connectivity index (χ2n) is 6.12. The van der Waals surface area contributed by atoms with Gasteiger partial charge in [-0.05, 0) is 40.3 Å². The summed E-state index contributed by atoms with van der Waals surface area (Å²) in [4.78, 5) is 5.19. The lowest BCUT2D eigenvalue weighted by molar-refractivity contribution is 0.0565. The van der Waals surface area contributed by atoms with Crippen molar-refractivity contribution >= 4 is 0 Å². The van der Waals surface area contributed by atoms with Crippen LogP contribution < -0.4 is 5.32 Å². The maximum absolute atomic E-state index is 3.25. The summed E-state index contributed by atoms with van der Waals surface area (Å²) >= 11 is 0. The molecule has 1 rings (SSSR count). The van der Waals surface area contributed by atoms with Gasteiger partial charge in [0.1, 0.15) is 0 Å². The number of hydrogen-bond acceptors (Lipinski definition) is 3. The molecule has 0 aromatic carbocycles. The molecule has 0 amide bonds. The van der Waals surface area contributed by atoms with E-state index in [1.165, 1.54) is 32.7 Å². The Kier molecular flexibility index (Phi) is 5.22. The molecule has 0 bridgehead atoms. The molecular formula is C13H29N3. The predicted molar refractivity (Wildman–Crippen MR) is 70.9 cm³/mol. The Balaban J connectivity index is 2.27. The van der Waals surface area contributed by atoms with Gasteiger partial charge < -0.3 is 10.2 Å². The van der Waals surface area contributed by atoms with Crippen LogP contribution in [0.15, 0.2) is 0 Å². The molecule has 96 valence electrons. The summed E-state index contributed by atoms with van der Waals surface area (Å²) in [5.41, 5.74) is 0.336. The van der Waals surface area contributed by atoms with Crippen LogP contribution >= 0.6 is 0 Å². The molecule has 1 saturated heterocycles. The van der Waals surface area contributed by atoms with E-state index in [9.17, 15) is 0 Å². The predicted octanol–water partition coefficient (Wildman–Crippen LogP) is 1.26. The monoisotopic (exact) mass is 227 g/mol. The molecule has 0 aromatic heterocycles. The van der Waals surface area contributed by atoms with Crippen LogP contribution in [-0.4, -0.2) is 61.7 Å². The van der Waals surface area contributed by atoms with Gasteiger partial charge in [0.05, 0.1) is 0 Å². The van der Waals surface area contributed by atoms with E-state index in [4.69, 9.17) is 0 Å². The third-order valence-electron chi connectivity index (χ3n) is 3.44. The first-order valence-electron chi connectivity index (χ1n) is 6.55. The summed E-state index contributed by atoms with van der Waals surface area (Å²) in [5.74, 6) is 0.756. The Bertz CT molecular complexity index is 190. The van der Waals surface area contributed by atoms with E-state index in [0.29, 0.717) is 5.54 Å². The number of rotatable bonds is 4. The minimum atomic E-state index is 0.336. The third-order valence-corrected chi connectivity index (χ3v) is 3.44. The molecule has 0 aromatic rings. The van der Waals surface area contributed by atoms with Gasteiger partial charge in [0.2, 0.25) is 0 Å². The van der Waals surface area contributed by atoms with Gasteiger partial charge in [-0.1, -0.05) is 6.92 Å². The van der Waals surface area contributed by atoms with Crippen LogP contribution in [0.4, 0.5) is 0 Å². The number of nitrogens with one attached hydrogen (secondary N) is 1. The molecule has 16 heavy (non-hydrogen) atoms. The van der Waals surface area contributed by atoms with Crippen LogP contribution in [0.5, 0.6) is 0 Å². The van der Waals surface area contributed by atoms with Crippen LogP contribution in [0, 0.1) is 5.92 Å². The lowest BCUT2D eigenvalue weighted by atomic mass is 10.0. The fraction of sp³-hybridized carbons (Fsp3) is 1.00. The smallest absolute Gasteiger partial charge is 0.0126 e. The topological polar surface area (TPSA) is 18.5 Å². The molecular weight excluding hydrogens is 198 g/mol. The van der Waals surface area contributed by atoms with Crippen molar-refractivity contribution in [3.05, 3.63) is 0 Å². The van der Waals surface area contributed by atoms with Crippen molar-refractivity contribution in [3.8, 4) is 0 Å². The Morgan fingerprint density at radius 2 is 1.69 bits per heavy atom. The summed E-state index contributed by atoms with van der Waals surface area (Å²) in [5, 5.41) is 3.25. The third kappa shape index (κ3) is 4.40. The molecule has 1 aliphatic rings. The Labute approximate surface area is 101 Å². The summed E-state index contributed by atoms with van der Waals surface area (Å²) in [7, 11) is 2.04. The van der Waals surface area contributed by atoms with E-state index in [2.05, 4.69) is 42.8 Å². The second-order valence-corrected chi connectivity index (χ2v) is 6.12. The summed E-state index contributed by atoms with van der Waals surface area (Å²) < 4.78 is 0. The molecule has 1 fully saturated rings. The zero-order chi connectivity index (χ0) is 12.2. The molecule has 1 aliphatic heterocycles. The van der Waals surface area contributed by atoms with E-state index >= 15 is 0 Å². The molecule has 0 aliphatic carbocycles. The van der Waals surface area contributed by atoms with Crippen molar-refractivity contribution in [3.63, 3.8) is 0 Å². The average molecular weight is 227 g/mol. The van der Waals surface area contributed by atoms with Crippen molar-refractivity contribution < 1.29 is 0 Å². The molecule has 0 spiro atoms. The van der Waals surface area contributed by atoms with Gasteiger partial charge in [0, 0.05) is 38.3 Å². The Hall–Kier alpha value is -0.120. The Morgan fingerprint density at radius 3 is 2.12 bits per heavy atom. The number of nitrogens with zero attached hydrogens (tertiary/aromatic N) is 2. The highest BCUT2D eigenvalue weighted by Gasteiger charge is 2.25. The van der Waals surface area contributed by atoms with Crippen molar-refractivity contribution in [1.82, 2.24) is 15.1 Å². The first-order chi connectivity index (χ1) is 7.43. The van der Waals surface area contributed by atoms with Gasteiger partial charge in [0.15, 0.2) is 0 Å². The minimum absolute atomic E-state index is 0.336. The summed E-state index contributed by atoms with van der Waals surface area (Å²) in [6.07, 6.45) is 0. The largest absolute Gasteiger partial charge is 0.319 e. The average Bonchev–Trinajstić information content (AvgIpc) is 2.17. The van der Waals surface area contributed by atoms with Gasteiger partial charge in [-0.3, -0.25) is 4.90 Å². The van der Waals surface area contributed by atoms with Crippen molar-refractivity contribution in [2.75, 3.05) is 46.3 Å². The SMILES string of the molecule is CNCC(C)CN1CCN(C(C)(C)C)CC1. The number of piperazine rings is 1. The zero-order valence-corrected chi connectivity index (χ0v) is 11.7. The summed E-state index contributed by atoms with van der Waals surface area (Å²) in [6.45, 7) is 16.5. The fourth-order valence-electron chi connectivity index (χ4n) is 2.46. The maximum atomic E-state index is 3.25. The first kappa shape index (κ1) is 13.9. The summed E-state index contributed by atoms with van der Waals surface area (Å²) in [6, 6.07) is 0. The van der Waals surface area contributed by atoms with Crippen LogP contribution in [0.3, 0.4) is 0 Å². The first-order valence-corrected chi connectivity index (χ1v) is 6.55. The van der Waals surface area contributed by atoms with Crippen LogP contribution in [0.2, 0.25) is 0 Å². The van der Waals surface area contributed by atoms with Crippen LogP contribution in [-0.2, 0) is 0 Å². The molecule has 0 radical (unpaired) electrons. The van der Waals surface area contributed by atoms with Crippen LogP contribution in [0.25, 0.3) is 0 Å². The molecule has 3 heteroatoms. The van der Waals surface area contributed by atoms with Gasteiger partial charge in [0.25, 0.3) is 0 Å². The lowest BCUT2D eigenvalue weighted by Gasteiger charge is -2.42. The molecule has 1 atom stereocenters. The fourth-order valence-corrected chi connectivity index (χ4v) is 2.46. The lowest BCUT2D eigenvalue weighted by Crippen LogP contribution is -2.54. The van der Waals surface area contributed by atoms with Crippen molar-refractivity contribution in [2.24, 2.45) is 5.92 Å². The highest BCUT2D eigenvalue weighted by atomic mass is 15.3. The molecule has 1 N–H and O–H groups in total. The standard InChI is InChI=1S/C13H29N3/c1-12(10-14-5)11-15-6-8-16(9-7-15)13(2,3)4/h12,14H,6-11H2,1-5H3. The number of hydrogen-bond donors (Lipinski definition) is 1. The van der Waals surface area contributed by atoms with Gasteiger partial charge in [-0.25, -0.2) is 0 Å². The molecule has 1 unspecified atom stereocenters. The van der Waals surface area contributed by atoms with Gasteiger partial charge >= 0.3 is 0 Å². The van der Waals surface area contributed by atoms with Gasteiger partial charge in [-0.15, -0.1) is 0 Å². The van der Waals surface area contributed by atoms with Gasteiger partial charge in [-0.2, -0.15) is 0 Å². The van der Waals surface area contributed by atoms with E-state index in [0.717, 1.165) is 12.5 Å². The van der Waals surface area contributed by atoms with E-state index in [1.807, 2.05) is 7.05 Å².